The van der Waals surface area contributed by atoms with Crippen LogP contribution in [0.25, 0.3) is 11.3 Å². The van der Waals surface area contributed by atoms with Gasteiger partial charge in [-0.3, -0.25) is 10.1 Å². The smallest absolute Gasteiger partial charge is 0.289 e. The van der Waals surface area contributed by atoms with Crippen LogP contribution in [-0.2, 0) is 10.0 Å². The lowest BCUT2D eigenvalue weighted by molar-refractivity contribution is -0.387. The maximum absolute atomic E-state index is 12.9. The van der Waals surface area contributed by atoms with Crippen LogP contribution in [0.4, 0.5) is 5.69 Å². The van der Waals surface area contributed by atoms with Gasteiger partial charge >= 0.3 is 0 Å². The SMILES string of the molecule is CCC(NS(=O)(=O)c1c(C)cccc1[N+](=O)[O-])c1ncc(-c2ccccc2)[nH]1. The summed E-state index contributed by atoms with van der Waals surface area (Å²) in [5.74, 6) is 0.446. The number of rotatable bonds is 7. The molecule has 0 amide bonds. The van der Waals surface area contributed by atoms with E-state index in [1.807, 2.05) is 37.3 Å². The van der Waals surface area contributed by atoms with E-state index in [2.05, 4.69) is 14.7 Å². The zero-order valence-electron chi connectivity index (χ0n) is 15.4. The summed E-state index contributed by atoms with van der Waals surface area (Å²) < 4.78 is 28.4. The monoisotopic (exact) mass is 400 g/mol. The number of aromatic amines is 1. The maximum Gasteiger partial charge on any atom is 0.289 e. The van der Waals surface area contributed by atoms with Gasteiger partial charge in [-0.25, -0.2) is 18.1 Å². The fourth-order valence-corrected chi connectivity index (χ4v) is 4.67. The topological polar surface area (TPSA) is 118 Å². The number of sulfonamides is 1. The number of nitro benzene ring substituents is 1. The summed E-state index contributed by atoms with van der Waals surface area (Å²) in [6.45, 7) is 3.34. The lowest BCUT2D eigenvalue weighted by Crippen LogP contribution is -2.30. The number of nitrogens with zero attached hydrogens (tertiary/aromatic N) is 2. The van der Waals surface area contributed by atoms with E-state index in [-0.39, 0.29) is 4.90 Å². The molecule has 0 radical (unpaired) electrons. The molecule has 8 nitrogen and oxygen atoms in total. The molecule has 146 valence electrons. The van der Waals surface area contributed by atoms with Crippen molar-refractivity contribution in [2.75, 3.05) is 0 Å². The normalized spacial score (nSPS) is 12.6. The van der Waals surface area contributed by atoms with Gasteiger partial charge in [-0.2, -0.15) is 0 Å². The van der Waals surface area contributed by atoms with Gasteiger partial charge in [0, 0.05) is 6.07 Å². The van der Waals surface area contributed by atoms with Crippen LogP contribution in [-0.4, -0.2) is 23.3 Å². The zero-order chi connectivity index (χ0) is 20.3. The summed E-state index contributed by atoms with van der Waals surface area (Å²) in [7, 11) is -4.13. The second-order valence-electron chi connectivity index (χ2n) is 6.31. The molecule has 3 rings (SSSR count). The van der Waals surface area contributed by atoms with Crippen LogP contribution in [0.3, 0.4) is 0 Å². The maximum atomic E-state index is 12.9. The van der Waals surface area contributed by atoms with E-state index in [9.17, 15) is 18.5 Å². The molecule has 0 aliphatic carbocycles. The molecule has 2 aromatic carbocycles. The Morgan fingerprint density at radius 2 is 1.89 bits per heavy atom. The van der Waals surface area contributed by atoms with Gasteiger partial charge in [-0.1, -0.05) is 49.4 Å². The molecule has 2 N–H and O–H groups in total. The molecular weight excluding hydrogens is 380 g/mol. The Morgan fingerprint density at radius 1 is 1.18 bits per heavy atom. The van der Waals surface area contributed by atoms with Gasteiger partial charge < -0.3 is 4.98 Å². The molecule has 1 atom stereocenters. The van der Waals surface area contributed by atoms with Crippen LogP contribution < -0.4 is 4.72 Å². The first-order valence-corrected chi connectivity index (χ1v) is 10.2. The van der Waals surface area contributed by atoms with Crippen LogP contribution >= 0.6 is 0 Å². The average Bonchev–Trinajstić information content (AvgIpc) is 3.16. The number of hydrogen-bond donors (Lipinski definition) is 2. The summed E-state index contributed by atoms with van der Waals surface area (Å²) in [5.41, 5.74) is 1.54. The van der Waals surface area contributed by atoms with E-state index in [1.54, 1.807) is 6.20 Å². The molecule has 0 bridgehead atoms. The van der Waals surface area contributed by atoms with Gasteiger partial charge in [0.25, 0.3) is 5.69 Å². The quantitative estimate of drug-likeness (QED) is 0.463. The molecule has 3 aromatic rings. The summed E-state index contributed by atoms with van der Waals surface area (Å²) in [6, 6.07) is 13.0. The average molecular weight is 400 g/mol. The molecule has 0 saturated carbocycles. The summed E-state index contributed by atoms with van der Waals surface area (Å²) in [6.07, 6.45) is 2.05. The van der Waals surface area contributed by atoms with E-state index in [0.717, 1.165) is 11.3 Å². The first-order valence-electron chi connectivity index (χ1n) is 8.70. The minimum atomic E-state index is -4.13. The van der Waals surface area contributed by atoms with Crippen LogP contribution in [0, 0.1) is 17.0 Å². The van der Waals surface area contributed by atoms with Crippen LogP contribution in [0.1, 0.15) is 30.8 Å². The Kier molecular flexibility index (Phi) is 5.57. The van der Waals surface area contributed by atoms with Crippen molar-refractivity contribution in [1.82, 2.24) is 14.7 Å². The Balaban J connectivity index is 1.94. The van der Waals surface area contributed by atoms with Crippen molar-refractivity contribution in [1.29, 1.82) is 0 Å². The molecule has 1 unspecified atom stereocenters. The van der Waals surface area contributed by atoms with Gasteiger partial charge in [-0.15, -0.1) is 0 Å². The number of nitro groups is 1. The molecular formula is C19H20N4O4S. The van der Waals surface area contributed by atoms with Gasteiger partial charge in [0.1, 0.15) is 5.82 Å². The second kappa shape index (κ2) is 7.91. The fourth-order valence-electron chi connectivity index (χ4n) is 2.99. The standard InChI is InChI=1S/C19H20N4O4S/c1-3-15(19-20-12-16(21-19)14-9-5-4-6-10-14)22-28(26,27)18-13(2)8-7-11-17(18)23(24)25/h4-12,15,22H,3H2,1-2H3,(H,20,21). The van der Waals surface area contributed by atoms with Crippen molar-refractivity contribution in [3.05, 3.63) is 76.2 Å². The second-order valence-corrected chi connectivity index (χ2v) is 7.96. The molecule has 0 aliphatic heterocycles. The number of nitrogens with one attached hydrogen (secondary N) is 2. The molecule has 0 aliphatic rings. The molecule has 1 aromatic heterocycles. The third-order valence-corrected chi connectivity index (χ3v) is 6.04. The Hall–Kier alpha value is -3.04. The molecule has 0 saturated heterocycles. The number of imidazole rings is 1. The lowest BCUT2D eigenvalue weighted by Gasteiger charge is -2.16. The Morgan fingerprint density at radius 3 is 2.54 bits per heavy atom. The highest BCUT2D eigenvalue weighted by molar-refractivity contribution is 7.89. The summed E-state index contributed by atoms with van der Waals surface area (Å²) in [5, 5.41) is 11.3. The Bertz CT molecular complexity index is 1090. The highest BCUT2D eigenvalue weighted by Crippen LogP contribution is 2.29. The van der Waals surface area contributed by atoms with Crippen molar-refractivity contribution in [3.63, 3.8) is 0 Å². The third-order valence-electron chi connectivity index (χ3n) is 4.37. The number of benzene rings is 2. The number of hydrogen-bond acceptors (Lipinski definition) is 5. The van der Waals surface area contributed by atoms with E-state index in [0.29, 0.717) is 17.8 Å². The van der Waals surface area contributed by atoms with E-state index >= 15 is 0 Å². The van der Waals surface area contributed by atoms with Crippen LogP contribution in [0.15, 0.2) is 59.6 Å². The van der Waals surface area contributed by atoms with Crippen LogP contribution in [0.5, 0.6) is 0 Å². The fraction of sp³-hybridized carbons (Fsp3) is 0.211. The third kappa shape index (κ3) is 3.95. The first-order chi connectivity index (χ1) is 13.3. The van der Waals surface area contributed by atoms with Crippen molar-refractivity contribution in [2.45, 2.75) is 31.2 Å². The molecule has 0 spiro atoms. The zero-order valence-corrected chi connectivity index (χ0v) is 16.2. The highest BCUT2D eigenvalue weighted by atomic mass is 32.2. The lowest BCUT2D eigenvalue weighted by atomic mass is 10.2. The molecule has 1 heterocycles. The van der Waals surface area contributed by atoms with Gasteiger partial charge in [0.2, 0.25) is 10.0 Å². The highest BCUT2D eigenvalue weighted by Gasteiger charge is 2.30. The van der Waals surface area contributed by atoms with E-state index in [4.69, 9.17) is 0 Å². The number of aryl methyl sites for hydroxylation is 1. The molecule has 0 fully saturated rings. The number of H-pyrrole nitrogens is 1. The summed E-state index contributed by atoms with van der Waals surface area (Å²) in [4.78, 5) is 17.7. The van der Waals surface area contributed by atoms with E-state index < -0.39 is 26.7 Å². The number of aromatic nitrogens is 2. The van der Waals surface area contributed by atoms with Gasteiger partial charge in [-0.05, 0) is 24.5 Å². The molecule has 9 heteroatoms. The van der Waals surface area contributed by atoms with Crippen molar-refractivity contribution in [3.8, 4) is 11.3 Å². The summed E-state index contributed by atoms with van der Waals surface area (Å²) >= 11 is 0. The van der Waals surface area contributed by atoms with Crippen molar-refractivity contribution in [2.24, 2.45) is 0 Å². The minimum absolute atomic E-state index is 0.306. The van der Waals surface area contributed by atoms with Gasteiger partial charge in [0.05, 0.1) is 22.9 Å². The van der Waals surface area contributed by atoms with Gasteiger partial charge in [0.15, 0.2) is 4.90 Å². The van der Waals surface area contributed by atoms with Crippen molar-refractivity contribution < 1.29 is 13.3 Å². The van der Waals surface area contributed by atoms with E-state index in [1.165, 1.54) is 25.1 Å². The predicted molar refractivity (Wildman–Crippen MR) is 105 cm³/mol. The largest absolute Gasteiger partial charge is 0.341 e. The Labute approximate surface area is 162 Å². The van der Waals surface area contributed by atoms with Crippen molar-refractivity contribution >= 4 is 15.7 Å². The van der Waals surface area contributed by atoms with Crippen LogP contribution in [0.2, 0.25) is 0 Å². The minimum Gasteiger partial charge on any atom is -0.341 e. The predicted octanol–water partition coefficient (Wildman–Crippen LogP) is 3.72. The first kappa shape index (κ1) is 19.7. The molecule has 28 heavy (non-hydrogen) atoms.